The summed E-state index contributed by atoms with van der Waals surface area (Å²) in [6.07, 6.45) is -0.0916. The van der Waals surface area contributed by atoms with Crippen LogP contribution >= 0.6 is 0 Å². The Morgan fingerprint density at radius 2 is 2.18 bits per heavy atom. The van der Waals surface area contributed by atoms with E-state index in [9.17, 15) is 9.90 Å². The van der Waals surface area contributed by atoms with Gasteiger partial charge in [0.15, 0.2) is 0 Å². The maximum atomic E-state index is 10.5. The summed E-state index contributed by atoms with van der Waals surface area (Å²) < 4.78 is 0. The van der Waals surface area contributed by atoms with E-state index in [1.54, 1.807) is 31.3 Å². The first-order chi connectivity index (χ1) is 8.06. The molecule has 17 heavy (non-hydrogen) atoms. The summed E-state index contributed by atoms with van der Waals surface area (Å²) in [5, 5.41) is 21.1. The van der Waals surface area contributed by atoms with Crippen molar-refractivity contribution in [2.24, 2.45) is 0 Å². The summed E-state index contributed by atoms with van der Waals surface area (Å²) in [5.74, 6) is 0. The van der Waals surface area contributed by atoms with Gasteiger partial charge in [0.05, 0.1) is 11.6 Å². The van der Waals surface area contributed by atoms with E-state index in [-0.39, 0.29) is 0 Å². The molecular weight excluding hydrogens is 220 g/mol. The number of carbonyl (C=O) groups is 1. The molecule has 0 bridgehead atoms. The topological polar surface area (TPSA) is 82.5 Å². The quantitative estimate of drug-likeness (QED) is 0.742. The highest BCUT2D eigenvalue weighted by Crippen LogP contribution is 2.21. The molecule has 2 aromatic rings. The normalized spacial score (nSPS) is 12.4. The molecule has 0 spiro atoms. The Morgan fingerprint density at radius 3 is 2.82 bits per heavy atom. The SMILES string of the molecule is CC(O)c1cnc2cc(NC(=O)O)ccc2c1. The van der Waals surface area contributed by atoms with Crippen LogP contribution in [0.4, 0.5) is 10.5 Å². The molecule has 0 fully saturated rings. The van der Waals surface area contributed by atoms with Crippen LogP contribution < -0.4 is 5.32 Å². The molecule has 0 aliphatic heterocycles. The van der Waals surface area contributed by atoms with Gasteiger partial charge in [-0.3, -0.25) is 10.3 Å². The lowest BCUT2D eigenvalue weighted by Gasteiger charge is -2.07. The molecule has 0 saturated heterocycles. The van der Waals surface area contributed by atoms with Crippen LogP contribution in [0.5, 0.6) is 0 Å². The molecule has 0 aliphatic rings. The van der Waals surface area contributed by atoms with Crippen molar-refractivity contribution in [2.45, 2.75) is 13.0 Å². The minimum atomic E-state index is -1.11. The summed E-state index contributed by atoms with van der Waals surface area (Å²) in [4.78, 5) is 14.7. The Balaban J connectivity index is 2.43. The minimum absolute atomic E-state index is 0.474. The fourth-order valence-corrected chi connectivity index (χ4v) is 1.57. The highest BCUT2D eigenvalue weighted by molar-refractivity contribution is 5.88. The second kappa shape index (κ2) is 4.39. The number of amides is 1. The molecule has 5 nitrogen and oxygen atoms in total. The van der Waals surface area contributed by atoms with Gasteiger partial charge in [-0.15, -0.1) is 0 Å². The third-order valence-corrected chi connectivity index (χ3v) is 2.44. The summed E-state index contributed by atoms with van der Waals surface area (Å²) in [7, 11) is 0. The number of aliphatic hydroxyl groups excluding tert-OH is 1. The van der Waals surface area contributed by atoms with Crippen molar-refractivity contribution in [1.82, 2.24) is 4.98 Å². The summed E-state index contributed by atoms with van der Waals surface area (Å²) in [6, 6.07) is 6.90. The fraction of sp³-hybridized carbons (Fsp3) is 0.167. The Kier molecular flexibility index (Phi) is 2.93. The van der Waals surface area contributed by atoms with Crippen molar-refractivity contribution in [2.75, 3.05) is 5.32 Å². The van der Waals surface area contributed by atoms with Gasteiger partial charge in [-0.2, -0.15) is 0 Å². The molecule has 5 heteroatoms. The Bertz CT molecular complexity index is 567. The molecule has 0 radical (unpaired) electrons. The average Bonchev–Trinajstić information content (AvgIpc) is 2.27. The smallest absolute Gasteiger partial charge is 0.409 e. The minimum Gasteiger partial charge on any atom is -0.465 e. The van der Waals surface area contributed by atoms with Crippen LogP contribution in [0.3, 0.4) is 0 Å². The zero-order valence-corrected chi connectivity index (χ0v) is 9.21. The number of nitrogens with zero attached hydrogens (tertiary/aromatic N) is 1. The zero-order valence-electron chi connectivity index (χ0n) is 9.21. The van der Waals surface area contributed by atoms with Gasteiger partial charge in [0, 0.05) is 17.3 Å². The maximum Gasteiger partial charge on any atom is 0.409 e. The molecule has 1 aromatic heterocycles. The van der Waals surface area contributed by atoms with Crippen LogP contribution in [0.25, 0.3) is 10.9 Å². The molecular formula is C12H12N2O3. The molecule has 1 atom stereocenters. The average molecular weight is 232 g/mol. The van der Waals surface area contributed by atoms with Crippen LogP contribution in [-0.4, -0.2) is 21.3 Å². The number of aromatic nitrogens is 1. The molecule has 2 rings (SSSR count). The predicted octanol–water partition coefficient (Wildman–Crippen LogP) is 2.38. The van der Waals surface area contributed by atoms with E-state index in [1.807, 2.05) is 6.07 Å². The number of aliphatic hydroxyl groups is 1. The number of fused-ring (bicyclic) bond motifs is 1. The van der Waals surface area contributed by atoms with Crippen LogP contribution in [-0.2, 0) is 0 Å². The molecule has 1 unspecified atom stereocenters. The van der Waals surface area contributed by atoms with Crippen molar-refractivity contribution in [1.29, 1.82) is 0 Å². The second-order valence-electron chi connectivity index (χ2n) is 3.78. The number of hydrogen-bond donors (Lipinski definition) is 3. The van der Waals surface area contributed by atoms with Gasteiger partial charge < -0.3 is 10.2 Å². The van der Waals surface area contributed by atoms with Crippen molar-refractivity contribution in [3.63, 3.8) is 0 Å². The monoisotopic (exact) mass is 232 g/mol. The number of rotatable bonds is 2. The molecule has 88 valence electrons. The van der Waals surface area contributed by atoms with Crippen LogP contribution in [0.1, 0.15) is 18.6 Å². The Morgan fingerprint density at radius 1 is 1.41 bits per heavy atom. The number of carboxylic acid groups (broad SMARTS) is 1. The van der Waals surface area contributed by atoms with Gasteiger partial charge in [-0.05, 0) is 30.7 Å². The summed E-state index contributed by atoms with van der Waals surface area (Å²) in [6.45, 7) is 1.67. The predicted molar refractivity (Wildman–Crippen MR) is 64.0 cm³/mol. The first-order valence-corrected chi connectivity index (χ1v) is 5.14. The zero-order chi connectivity index (χ0) is 12.4. The van der Waals surface area contributed by atoms with E-state index < -0.39 is 12.2 Å². The number of benzene rings is 1. The lowest BCUT2D eigenvalue weighted by Crippen LogP contribution is -2.06. The van der Waals surface area contributed by atoms with E-state index in [2.05, 4.69) is 10.3 Å². The summed E-state index contributed by atoms with van der Waals surface area (Å²) >= 11 is 0. The van der Waals surface area contributed by atoms with Gasteiger partial charge in [0.2, 0.25) is 0 Å². The highest BCUT2D eigenvalue weighted by atomic mass is 16.4. The number of anilines is 1. The Hall–Kier alpha value is -2.14. The van der Waals surface area contributed by atoms with Crippen molar-refractivity contribution in [3.05, 3.63) is 36.0 Å². The van der Waals surface area contributed by atoms with E-state index in [0.717, 1.165) is 10.9 Å². The van der Waals surface area contributed by atoms with Crippen LogP contribution in [0.2, 0.25) is 0 Å². The molecule has 0 aliphatic carbocycles. The van der Waals surface area contributed by atoms with E-state index in [0.29, 0.717) is 11.2 Å². The summed E-state index contributed by atoms with van der Waals surface area (Å²) in [5.41, 5.74) is 1.89. The fourth-order valence-electron chi connectivity index (χ4n) is 1.57. The van der Waals surface area contributed by atoms with Crippen molar-refractivity contribution < 1.29 is 15.0 Å². The van der Waals surface area contributed by atoms with Crippen LogP contribution in [0.15, 0.2) is 30.5 Å². The third-order valence-electron chi connectivity index (χ3n) is 2.44. The van der Waals surface area contributed by atoms with Crippen molar-refractivity contribution >= 4 is 22.7 Å². The van der Waals surface area contributed by atoms with Gasteiger partial charge >= 0.3 is 6.09 Å². The maximum absolute atomic E-state index is 10.5. The van der Waals surface area contributed by atoms with Gasteiger partial charge in [0.25, 0.3) is 0 Å². The molecule has 1 heterocycles. The number of pyridine rings is 1. The van der Waals surface area contributed by atoms with E-state index in [1.165, 1.54) is 0 Å². The van der Waals surface area contributed by atoms with Gasteiger partial charge in [-0.25, -0.2) is 4.79 Å². The molecule has 3 N–H and O–H groups in total. The number of nitrogens with one attached hydrogen (secondary N) is 1. The third kappa shape index (κ3) is 2.51. The Labute approximate surface area is 97.7 Å². The first kappa shape index (κ1) is 11.3. The first-order valence-electron chi connectivity index (χ1n) is 5.14. The standard InChI is InChI=1S/C12H12N2O3/c1-7(15)9-4-8-2-3-10(14-12(16)17)5-11(8)13-6-9/h2-7,14-15H,1H3,(H,16,17). The molecule has 1 aromatic carbocycles. The lowest BCUT2D eigenvalue weighted by molar-refractivity contribution is 0.199. The van der Waals surface area contributed by atoms with E-state index >= 15 is 0 Å². The molecule has 0 saturated carbocycles. The van der Waals surface area contributed by atoms with Gasteiger partial charge in [0.1, 0.15) is 0 Å². The number of hydrogen-bond acceptors (Lipinski definition) is 3. The highest BCUT2D eigenvalue weighted by Gasteiger charge is 2.04. The van der Waals surface area contributed by atoms with Crippen LogP contribution in [0, 0.1) is 0 Å². The lowest BCUT2D eigenvalue weighted by atomic mass is 10.1. The largest absolute Gasteiger partial charge is 0.465 e. The van der Waals surface area contributed by atoms with Crippen molar-refractivity contribution in [3.8, 4) is 0 Å². The molecule has 1 amide bonds. The second-order valence-corrected chi connectivity index (χ2v) is 3.78. The van der Waals surface area contributed by atoms with E-state index in [4.69, 9.17) is 5.11 Å². The van der Waals surface area contributed by atoms with Gasteiger partial charge in [-0.1, -0.05) is 6.07 Å².